The number of carbonyl (C=O) groups excluding carboxylic acids is 2. The number of anilines is 1. The number of aryl methyl sites for hydroxylation is 2. The van der Waals surface area contributed by atoms with Crippen LogP contribution in [0.3, 0.4) is 0 Å². The second-order valence-electron chi connectivity index (χ2n) is 8.99. The summed E-state index contributed by atoms with van der Waals surface area (Å²) in [6.07, 6.45) is -1.76. The highest BCUT2D eigenvalue weighted by atomic mass is 19.4. The minimum Gasteiger partial charge on any atom is -0.382 e. The Labute approximate surface area is 218 Å². The number of halogens is 3. The summed E-state index contributed by atoms with van der Waals surface area (Å²) in [7, 11) is 3.13. The summed E-state index contributed by atoms with van der Waals surface area (Å²) in [6.45, 7) is 3.36. The smallest absolute Gasteiger partial charge is 0.382 e. The molecular weight excluding hydrogens is 495 g/mol. The molecule has 0 aliphatic rings. The maximum absolute atomic E-state index is 12.8. The third-order valence-corrected chi connectivity index (χ3v) is 6.35. The molecule has 198 valence electrons. The molecule has 0 aliphatic carbocycles. The molecule has 4 aromatic rings. The lowest BCUT2D eigenvalue weighted by Crippen LogP contribution is -2.18. The Hall–Kier alpha value is -4.34. The number of alkyl halides is 3. The SMILES string of the molecule is CNC(=O)c1ccc(-c2cc(NCCC(F)(F)F)c3ncc(-c4ccc(C(=O)NC)c(C)c4)n3c2)cc1C. The Morgan fingerprint density at radius 1 is 0.868 bits per heavy atom. The third-order valence-electron chi connectivity index (χ3n) is 6.35. The van der Waals surface area contributed by atoms with E-state index in [1.54, 1.807) is 44.6 Å². The monoisotopic (exact) mass is 523 g/mol. The summed E-state index contributed by atoms with van der Waals surface area (Å²) in [5.74, 6) is -0.396. The molecule has 10 heteroatoms. The van der Waals surface area contributed by atoms with Crippen molar-refractivity contribution in [3.05, 3.63) is 77.1 Å². The van der Waals surface area contributed by atoms with Gasteiger partial charge in [-0.15, -0.1) is 0 Å². The van der Waals surface area contributed by atoms with Crippen LogP contribution in [0.1, 0.15) is 38.3 Å². The van der Waals surface area contributed by atoms with Crippen LogP contribution in [0.15, 0.2) is 54.9 Å². The number of hydrogen-bond donors (Lipinski definition) is 3. The molecule has 2 heterocycles. The van der Waals surface area contributed by atoms with E-state index in [9.17, 15) is 22.8 Å². The third kappa shape index (κ3) is 5.49. The average molecular weight is 524 g/mol. The van der Waals surface area contributed by atoms with Crippen molar-refractivity contribution in [2.45, 2.75) is 26.4 Å². The molecule has 2 amide bonds. The van der Waals surface area contributed by atoms with E-state index in [2.05, 4.69) is 20.9 Å². The van der Waals surface area contributed by atoms with Crippen molar-refractivity contribution < 1.29 is 22.8 Å². The lowest BCUT2D eigenvalue weighted by molar-refractivity contribution is -0.131. The molecule has 0 spiro atoms. The fraction of sp³-hybridized carbons (Fsp3) is 0.250. The first-order valence-electron chi connectivity index (χ1n) is 12.0. The number of aromatic nitrogens is 2. The fourth-order valence-electron chi connectivity index (χ4n) is 4.37. The number of amides is 2. The van der Waals surface area contributed by atoms with Crippen LogP contribution < -0.4 is 16.0 Å². The van der Waals surface area contributed by atoms with Gasteiger partial charge in [0.1, 0.15) is 0 Å². The molecule has 0 atom stereocenters. The van der Waals surface area contributed by atoms with Gasteiger partial charge in [0.25, 0.3) is 11.8 Å². The van der Waals surface area contributed by atoms with Crippen LogP contribution in [0.25, 0.3) is 28.0 Å². The van der Waals surface area contributed by atoms with Gasteiger partial charge in [-0.3, -0.25) is 14.0 Å². The number of carbonyl (C=O) groups is 2. The lowest BCUT2D eigenvalue weighted by Gasteiger charge is -2.14. The molecule has 0 fully saturated rings. The first-order valence-corrected chi connectivity index (χ1v) is 12.0. The zero-order valence-electron chi connectivity index (χ0n) is 21.5. The number of rotatable bonds is 7. The first-order chi connectivity index (χ1) is 18.0. The first kappa shape index (κ1) is 26.7. The van der Waals surface area contributed by atoms with Gasteiger partial charge in [0.05, 0.1) is 24.0 Å². The van der Waals surface area contributed by atoms with E-state index in [0.29, 0.717) is 28.2 Å². The highest BCUT2D eigenvalue weighted by molar-refractivity contribution is 5.97. The summed E-state index contributed by atoms with van der Waals surface area (Å²) in [6, 6.07) is 12.6. The van der Waals surface area contributed by atoms with E-state index in [4.69, 9.17) is 0 Å². The van der Waals surface area contributed by atoms with Crippen LogP contribution >= 0.6 is 0 Å². The maximum Gasteiger partial charge on any atom is 0.390 e. The molecule has 0 unspecified atom stereocenters. The molecule has 2 aromatic heterocycles. The summed E-state index contributed by atoms with van der Waals surface area (Å²) in [5, 5.41) is 8.13. The van der Waals surface area contributed by atoms with Crippen molar-refractivity contribution in [3.8, 4) is 22.4 Å². The van der Waals surface area contributed by atoms with Crippen LogP contribution in [0, 0.1) is 13.8 Å². The normalized spacial score (nSPS) is 11.4. The van der Waals surface area contributed by atoms with Crippen LogP contribution in [0.2, 0.25) is 0 Å². The summed E-state index contributed by atoms with van der Waals surface area (Å²) >= 11 is 0. The van der Waals surface area contributed by atoms with Crippen molar-refractivity contribution >= 4 is 23.1 Å². The van der Waals surface area contributed by atoms with Gasteiger partial charge < -0.3 is 16.0 Å². The van der Waals surface area contributed by atoms with E-state index in [-0.39, 0.29) is 18.4 Å². The second kappa shape index (κ2) is 10.6. The summed E-state index contributed by atoms with van der Waals surface area (Å²) in [5.41, 5.74) is 6.58. The van der Waals surface area contributed by atoms with Gasteiger partial charge in [-0.1, -0.05) is 18.2 Å². The van der Waals surface area contributed by atoms with E-state index in [0.717, 1.165) is 27.8 Å². The molecule has 3 N–H and O–H groups in total. The topological polar surface area (TPSA) is 87.5 Å². The Bertz CT molecular complexity index is 1530. The molecule has 7 nitrogen and oxygen atoms in total. The molecule has 0 radical (unpaired) electrons. The quantitative estimate of drug-likeness (QED) is 0.304. The molecule has 2 aromatic carbocycles. The van der Waals surface area contributed by atoms with Crippen LogP contribution in [-0.4, -0.2) is 48.0 Å². The Morgan fingerprint density at radius 3 is 2.00 bits per heavy atom. The standard InChI is InChI=1S/C28H28F3N5O2/c1-16-11-18(5-7-21(16)26(37)32-3)20-13-23(34-10-9-28(29,30)31)25-35-14-24(36(25)15-20)19-6-8-22(17(2)12-19)27(38)33-4/h5-8,11-15,34H,9-10H2,1-4H3,(H,32,37)(H,33,38). The van der Waals surface area contributed by atoms with E-state index >= 15 is 0 Å². The van der Waals surface area contributed by atoms with Gasteiger partial charge in [0.15, 0.2) is 5.65 Å². The van der Waals surface area contributed by atoms with Crippen molar-refractivity contribution in [1.82, 2.24) is 20.0 Å². The van der Waals surface area contributed by atoms with Gasteiger partial charge in [0, 0.05) is 49.1 Å². The van der Waals surface area contributed by atoms with E-state index in [1.165, 1.54) is 0 Å². The predicted octanol–water partition coefficient (Wildman–Crippen LogP) is 5.37. The largest absolute Gasteiger partial charge is 0.390 e. The van der Waals surface area contributed by atoms with E-state index in [1.807, 2.05) is 42.6 Å². The van der Waals surface area contributed by atoms with Gasteiger partial charge in [-0.05, 0) is 54.8 Å². The summed E-state index contributed by atoms with van der Waals surface area (Å²) < 4.78 is 40.4. The van der Waals surface area contributed by atoms with Crippen molar-refractivity contribution in [2.24, 2.45) is 0 Å². The molecule has 0 saturated carbocycles. The molecule has 0 saturated heterocycles. The van der Waals surface area contributed by atoms with Gasteiger partial charge in [0.2, 0.25) is 0 Å². The van der Waals surface area contributed by atoms with Gasteiger partial charge in [-0.25, -0.2) is 4.98 Å². The number of hydrogen-bond acceptors (Lipinski definition) is 4. The zero-order chi connectivity index (χ0) is 27.6. The van der Waals surface area contributed by atoms with Crippen LogP contribution in [-0.2, 0) is 0 Å². The highest BCUT2D eigenvalue weighted by Gasteiger charge is 2.26. The molecule has 38 heavy (non-hydrogen) atoms. The molecule has 0 aliphatic heterocycles. The molecular formula is C28H28F3N5O2. The van der Waals surface area contributed by atoms with E-state index < -0.39 is 12.6 Å². The number of benzene rings is 2. The lowest BCUT2D eigenvalue weighted by atomic mass is 10.00. The van der Waals surface area contributed by atoms with Gasteiger partial charge >= 0.3 is 6.18 Å². The Balaban J connectivity index is 1.84. The predicted molar refractivity (Wildman–Crippen MR) is 141 cm³/mol. The maximum atomic E-state index is 12.8. The minimum absolute atomic E-state index is 0.193. The number of pyridine rings is 1. The summed E-state index contributed by atoms with van der Waals surface area (Å²) in [4.78, 5) is 28.8. The highest BCUT2D eigenvalue weighted by Crippen LogP contribution is 2.32. The van der Waals surface area contributed by atoms with Gasteiger partial charge in [-0.2, -0.15) is 13.2 Å². The average Bonchev–Trinajstić information content (AvgIpc) is 3.31. The van der Waals surface area contributed by atoms with Crippen LogP contribution in [0.4, 0.5) is 18.9 Å². The molecule has 0 bridgehead atoms. The van der Waals surface area contributed by atoms with Crippen molar-refractivity contribution in [1.29, 1.82) is 0 Å². The van der Waals surface area contributed by atoms with Crippen LogP contribution in [0.5, 0.6) is 0 Å². The Morgan fingerprint density at radius 2 is 1.45 bits per heavy atom. The van der Waals surface area contributed by atoms with Crippen molar-refractivity contribution in [2.75, 3.05) is 26.0 Å². The number of nitrogens with one attached hydrogen (secondary N) is 3. The second-order valence-corrected chi connectivity index (χ2v) is 8.99. The Kier molecular flexibility index (Phi) is 7.43. The number of imidazole rings is 1. The fourth-order valence-corrected chi connectivity index (χ4v) is 4.37. The minimum atomic E-state index is -4.29. The van der Waals surface area contributed by atoms with Crippen molar-refractivity contribution in [3.63, 3.8) is 0 Å². The number of fused-ring (bicyclic) bond motifs is 1. The molecule has 4 rings (SSSR count). The number of nitrogens with zero attached hydrogens (tertiary/aromatic N) is 2. The zero-order valence-corrected chi connectivity index (χ0v) is 21.5.